The van der Waals surface area contributed by atoms with Gasteiger partial charge in [0.2, 0.25) is 5.91 Å². The molecule has 6 heteroatoms. The molecule has 1 atom stereocenters. The van der Waals surface area contributed by atoms with Crippen molar-refractivity contribution in [2.45, 2.75) is 39.2 Å². The van der Waals surface area contributed by atoms with Crippen LogP contribution in [0.2, 0.25) is 0 Å². The van der Waals surface area contributed by atoms with Crippen LogP contribution in [0.5, 0.6) is 0 Å². The molecule has 0 saturated carbocycles. The Kier molecular flexibility index (Phi) is 5.81. The van der Waals surface area contributed by atoms with Gasteiger partial charge in [0, 0.05) is 56.2 Å². The summed E-state index contributed by atoms with van der Waals surface area (Å²) < 4.78 is 0. The number of nitrogens with zero attached hydrogens (tertiary/aromatic N) is 2. The van der Waals surface area contributed by atoms with Gasteiger partial charge in [-0.05, 0) is 37.8 Å². The van der Waals surface area contributed by atoms with Gasteiger partial charge in [-0.3, -0.25) is 9.79 Å². The van der Waals surface area contributed by atoms with Crippen LogP contribution < -0.4 is 10.6 Å². The van der Waals surface area contributed by atoms with E-state index in [4.69, 9.17) is 4.99 Å². The minimum absolute atomic E-state index is 0.222. The fourth-order valence-corrected chi connectivity index (χ4v) is 3.50. The number of amides is 1. The maximum Gasteiger partial charge on any atom is 0.222 e. The summed E-state index contributed by atoms with van der Waals surface area (Å²) in [5, 5.41) is 8.06. The molecule has 3 N–H and O–H groups in total. The first kappa shape index (κ1) is 18.3. The van der Waals surface area contributed by atoms with Crippen LogP contribution in [0.3, 0.4) is 0 Å². The monoisotopic (exact) mass is 355 g/mol. The molecule has 1 aromatic heterocycles. The Labute approximate surface area is 155 Å². The molecule has 1 unspecified atom stereocenters. The van der Waals surface area contributed by atoms with Crippen LogP contribution in [-0.4, -0.2) is 54.5 Å². The van der Waals surface area contributed by atoms with E-state index in [-0.39, 0.29) is 11.9 Å². The predicted molar refractivity (Wildman–Crippen MR) is 107 cm³/mol. The van der Waals surface area contributed by atoms with Gasteiger partial charge < -0.3 is 20.5 Å². The highest BCUT2D eigenvalue weighted by Crippen LogP contribution is 2.21. The van der Waals surface area contributed by atoms with Crippen molar-refractivity contribution in [2.75, 3.05) is 26.7 Å². The molecule has 1 aliphatic rings. The van der Waals surface area contributed by atoms with Crippen LogP contribution in [0.4, 0.5) is 0 Å². The number of para-hydroxylation sites is 1. The Bertz CT molecular complexity index is 795. The number of benzene rings is 1. The van der Waals surface area contributed by atoms with E-state index in [1.807, 2.05) is 7.05 Å². The fraction of sp³-hybridized carbons (Fsp3) is 0.500. The minimum Gasteiger partial charge on any atom is -0.361 e. The third-order valence-corrected chi connectivity index (χ3v) is 4.97. The van der Waals surface area contributed by atoms with Crippen molar-refractivity contribution in [1.82, 2.24) is 20.5 Å². The molecule has 1 aliphatic heterocycles. The van der Waals surface area contributed by atoms with Crippen molar-refractivity contribution in [2.24, 2.45) is 4.99 Å². The Morgan fingerprint density at radius 3 is 3.04 bits per heavy atom. The van der Waals surface area contributed by atoms with Gasteiger partial charge in [0.05, 0.1) is 0 Å². The zero-order valence-electron chi connectivity index (χ0n) is 15.9. The predicted octanol–water partition coefficient (Wildman–Crippen LogP) is 2.19. The number of piperidine rings is 1. The largest absolute Gasteiger partial charge is 0.361 e. The van der Waals surface area contributed by atoms with Crippen molar-refractivity contribution < 1.29 is 4.79 Å². The lowest BCUT2D eigenvalue weighted by Crippen LogP contribution is -2.51. The van der Waals surface area contributed by atoms with Crippen molar-refractivity contribution >= 4 is 22.8 Å². The Morgan fingerprint density at radius 1 is 1.42 bits per heavy atom. The quantitative estimate of drug-likeness (QED) is 0.569. The second kappa shape index (κ2) is 8.25. The number of rotatable bonds is 5. The molecule has 6 nitrogen and oxygen atoms in total. The highest BCUT2D eigenvalue weighted by Gasteiger charge is 2.23. The average Bonchev–Trinajstić information content (AvgIpc) is 3.03. The first-order valence-electron chi connectivity index (χ1n) is 9.43. The van der Waals surface area contributed by atoms with E-state index in [2.05, 4.69) is 53.9 Å². The smallest absolute Gasteiger partial charge is 0.222 e. The van der Waals surface area contributed by atoms with Crippen LogP contribution in [0, 0.1) is 6.92 Å². The fourth-order valence-electron chi connectivity index (χ4n) is 3.50. The van der Waals surface area contributed by atoms with Crippen LogP contribution >= 0.6 is 0 Å². The summed E-state index contributed by atoms with van der Waals surface area (Å²) in [7, 11) is 1.86. The van der Waals surface area contributed by atoms with Crippen LogP contribution in [0.15, 0.2) is 29.4 Å². The molecule has 3 rings (SSSR count). The highest BCUT2D eigenvalue weighted by atomic mass is 16.2. The molecule has 1 aromatic carbocycles. The van der Waals surface area contributed by atoms with E-state index in [0.717, 1.165) is 38.4 Å². The molecule has 1 amide bonds. The van der Waals surface area contributed by atoms with Crippen molar-refractivity contribution in [3.63, 3.8) is 0 Å². The summed E-state index contributed by atoms with van der Waals surface area (Å²) >= 11 is 0. The Balaban J connectivity index is 1.62. The summed E-state index contributed by atoms with van der Waals surface area (Å²) in [5.41, 5.74) is 3.78. The Hall–Kier alpha value is -2.50. The van der Waals surface area contributed by atoms with E-state index >= 15 is 0 Å². The maximum absolute atomic E-state index is 11.6. The molecular weight excluding hydrogens is 326 g/mol. The zero-order valence-corrected chi connectivity index (χ0v) is 15.9. The first-order valence-corrected chi connectivity index (χ1v) is 9.43. The third-order valence-electron chi connectivity index (χ3n) is 4.97. The summed E-state index contributed by atoms with van der Waals surface area (Å²) in [6.45, 7) is 6.46. The highest BCUT2D eigenvalue weighted by molar-refractivity contribution is 5.86. The summed E-state index contributed by atoms with van der Waals surface area (Å²) in [6.07, 6.45) is 4.44. The number of H-pyrrole nitrogens is 1. The van der Waals surface area contributed by atoms with Crippen LogP contribution in [0.25, 0.3) is 10.9 Å². The van der Waals surface area contributed by atoms with E-state index in [1.54, 1.807) is 4.90 Å². The van der Waals surface area contributed by atoms with Gasteiger partial charge in [-0.25, -0.2) is 0 Å². The summed E-state index contributed by atoms with van der Waals surface area (Å²) in [4.78, 5) is 21.5. The van der Waals surface area contributed by atoms with Gasteiger partial charge >= 0.3 is 0 Å². The van der Waals surface area contributed by atoms with Crippen LogP contribution in [0.1, 0.15) is 30.9 Å². The molecule has 26 heavy (non-hydrogen) atoms. The third kappa shape index (κ3) is 4.18. The normalized spacial score (nSPS) is 18.4. The number of carbonyl (C=O) groups excluding carboxylic acids is 1. The van der Waals surface area contributed by atoms with E-state index < -0.39 is 0 Å². The lowest BCUT2D eigenvalue weighted by atomic mass is 10.1. The standard InChI is InChI=1S/C20H29N5O/c1-4-21-20(24-16-8-9-18(26)25(3)13-16)22-11-10-15-12-23-19-14(2)6-5-7-17(15)19/h5-7,12,16,23H,4,8-11,13H2,1-3H3,(H2,21,22,24). The Morgan fingerprint density at radius 2 is 2.27 bits per heavy atom. The van der Waals surface area contributed by atoms with Crippen molar-refractivity contribution in [1.29, 1.82) is 0 Å². The molecule has 2 heterocycles. The van der Waals surface area contributed by atoms with Gasteiger partial charge in [-0.2, -0.15) is 0 Å². The number of hydrogen-bond donors (Lipinski definition) is 3. The molecule has 1 fully saturated rings. The second-order valence-electron chi connectivity index (χ2n) is 6.98. The SMILES string of the molecule is CCNC(=NCCc1c[nH]c2c(C)cccc12)NC1CCC(=O)N(C)C1. The van der Waals surface area contributed by atoms with Gasteiger partial charge in [-0.15, -0.1) is 0 Å². The number of hydrogen-bond acceptors (Lipinski definition) is 2. The number of carbonyl (C=O) groups is 1. The number of nitrogens with one attached hydrogen (secondary N) is 3. The topological polar surface area (TPSA) is 72.5 Å². The number of likely N-dealkylation sites (tertiary alicyclic amines) is 1. The van der Waals surface area contributed by atoms with Gasteiger partial charge in [0.15, 0.2) is 5.96 Å². The number of aryl methyl sites for hydroxylation is 1. The molecular formula is C20H29N5O. The van der Waals surface area contributed by atoms with Crippen molar-refractivity contribution in [3.05, 3.63) is 35.5 Å². The zero-order chi connectivity index (χ0) is 18.5. The average molecular weight is 355 g/mol. The number of likely N-dealkylation sites (N-methyl/N-ethyl adjacent to an activating group) is 1. The maximum atomic E-state index is 11.6. The molecule has 2 aromatic rings. The van der Waals surface area contributed by atoms with E-state index in [0.29, 0.717) is 6.42 Å². The van der Waals surface area contributed by atoms with Gasteiger partial charge in [0.1, 0.15) is 0 Å². The molecule has 0 radical (unpaired) electrons. The molecule has 0 bridgehead atoms. The number of fused-ring (bicyclic) bond motifs is 1. The lowest BCUT2D eigenvalue weighted by Gasteiger charge is -2.31. The number of guanidine groups is 1. The molecule has 1 saturated heterocycles. The first-order chi connectivity index (χ1) is 12.6. The van der Waals surface area contributed by atoms with E-state index in [9.17, 15) is 4.79 Å². The van der Waals surface area contributed by atoms with Gasteiger partial charge in [-0.1, -0.05) is 18.2 Å². The number of aliphatic imine (C=N–C) groups is 1. The second-order valence-corrected chi connectivity index (χ2v) is 6.98. The number of aromatic nitrogens is 1. The van der Waals surface area contributed by atoms with Gasteiger partial charge in [0.25, 0.3) is 0 Å². The molecule has 0 aliphatic carbocycles. The van der Waals surface area contributed by atoms with Crippen molar-refractivity contribution in [3.8, 4) is 0 Å². The lowest BCUT2D eigenvalue weighted by molar-refractivity contribution is -0.132. The summed E-state index contributed by atoms with van der Waals surface area (Å²) in [6, 6.07) is 6.65. The molecule has 140 valence electrons. The number of aromatic amines is 1. The van der Waals surface area contributed by atoms with Crippen LogP contribution in [-0.2, 0) is 11.2 Å². The summed E-state index contributed by atoms with van der Waals surface area (Å²) in [5.74, 6) is 1.05. The molecule has 0 spiro atoms. The van der Waals surface area contributed by atoms with E-state index in [1.165, 1.54) is 22.0 Å². The minimum atomic E-state index is 0.222.